The quantitative estimate of drug-likeness (QED) is 0.924. The number of carbonyl (C=O) groups is 1. The first-order valence-corrected chi connectivity index (χ1v) is 7.63. The summed E-state index contributed by atoms with van der Waals surface area (Å²) in [4.78, 5) is 11.7. The molecule has 0 bridgehead atoms. The van der Waals surface area contributed by atoms with Crippen molar-refractivity contribution in [1.82, 2.24) is 5.32 Å². The van der Waals surface area contributed by atoms with Gasteiger partial charge in [-0.15, -0.1) is 0 Å². The number of ether oxygens (including phenoxy) is 2. The summed E-state index contributed by atoms with van der Waals surface area (Å²) in [6, 6.07) is 6.49. The second kappa shape index (κ2) is 5.68. The number of ketones is 1. The highest BCUT2D eigenvalue weighted by Gasteiger charge is 2.46. The third kappa shape index (κ3) is 2.64. The topological polar surface area (TPSA) is 47.6 Å². The predicted molar refractivity (Wildman–Crippen MR) is 80.9 cm³/mol. The number of hydrogen-bond donors (Lipinski definition) is 1. The van der Waals surface area contributed by atoms with Crippen molar-refractivity contribution >= 4 is 5.78 Å². The smallest absolute Gasteiger partial charge is 0.160 e. The maximum atomic E-state index is 11.7. The van der Waals surface area contributed by atoms with Crippen LogP contribution in [0, 0.1) is 5.41 Å². The molecule has 0 radical (unpaired) electrons. The Morgan fingerprint density at radius 1 is 1.24 bits per heavy atom. The Bertz CT molecular complexity index is 543. The highest BCUT2D eigenvalue weighted by atomic mass is 16.5. The van der Waals surface area contributed by atoms with Crippen LogP contribution in [0.25, 0.3) is 0 Å². The number of hydrogen-bond acceptors (Lipinski definition) is 4. The Labute approximate surface area is 125 Å². The third-order valence-corrected chi connectivity index (χ3v) is 5.09. The van der Waals surface area contributed by atoms with E-state index in [1.165, 1.54) is 5.56 Å². The molecule has 3 rings (SSSR count). The zero-order valence-corrected chi connectivity index (χ0v) is 12.8. The van der Waals surface area contributed by atoms with Crippen LogP contribution in [0.3, 0.4) is 0 Å². The van der Waals surface area contributed by atoms with Crippen LogP contribution in [-0.2, 0) is 11.2 Å². The lowest BCUT2D eigenvalue weighted by Gasteiger charge is -2.38. The highest BCUT2D eigenvalue weighted by Crippen LogP contribution is 2.45. The Morgan fingerprint density at radius 2 is 2.05 bits per heavy atom. The highest BCUT2D eigenvalue weighted by molar-refractivity contribution is 5.80. The summed E-state index contributed by atoms with van der Waals surface area (Å²) in [5.74, 6) is 1.94. The molecule has 0 aromatic heterocycles. The van der Waals surface area contributed by atoms with E-state index in [1.54, 1.807) is 14.2 Å². The fourth-order valence-corrected chi connectivity index (χ4v) is 3.89. The fourth-order valence-electron chi connectivity index (χ4n) is 3.89. The van der Waals surface area contributed by atoms with Gasteiger partial charge in [-0.3, -0.25) is 4.79 Å². The molecule has 2 aliphatic rings. The molecule has 1 saturated carbocycles. The summed E-state index contributed by atoms with van der Waals surface area (Å²) < 4.78 is 10.7. The van der Waals surface area contributed by atoms with Gasteiger partial charge in [-0.05, 0) is 48.9 Å². The van der Waals surface area contributed by atoms with Crippen LogP contribution in [0.1, 0.15) is 31.2 Å². The van der Waals surface area contributed by atoms with E-state index in [-0.39, 0.29) is 5.41 Å². The minimum atomic E-state index is 0.230. The largest absolute Gasteiger partial charge is 0.493 e. The standard InChI is InChI=1S/C17H23NO3/c1-20-14-4-3-12(9-15(14)21-2)11-17-6-5-13(19)10-16(17)18-8-7-17/h3-4,9,16,18H,5-8,10-11H2,1-2H3. The molecule has 2 unspecified atom stereocenters. The minimum Gasteiger partial charge on any atom is -0.493 e. The van der Waals surface area contributed by atoms with Crippen LogP contribution in [-0.4, -0.2) is 32.6 Å². The first-order valence-electron chi connectivity index (χ1n) is 7.63. The molecule has 21 heavy (non-hydrogen) atoms. The molecule has 1 aromatic rings. The molecule has 4 nitrogen and oxygen atoms in total. The minimum absolute atomic E-state index is 0.230. The van der Waals surface area contributed by atoms with Gasteiger partial charge in [0.25, 0.3) is 0 Å². The van der Waals surface area contributed by atoms with Crippen LogP contribution >= 0.6 is 0 Å². The molecule has 0 amide bonds. The van der Waals surface area contributed by atoms with Gasteiger partial charge in [0.05, 0.1) is 14.2 Å². The van der Waals surface area contributed by atoms with Gasteiger partial charge in [0, 0.05) is 18.9 Å². The van der Waals surface area contributed by atoms with Crippen LogP contribution in [0.2, 0.25) is 0 Å². The molecular weight excluding hydrogens is 266 g/mol. The van der Waals surface area contributed by atoms with Gasteiger partial charge in [-0.1, -0.05) is 6.07 Å². The number of benzene rings is 1. The number of carbonyl (C=O) groups excluding carboxylic acids is 1. The van der Waals surface area contributed by atoms with E-state index >= 15 is 0 Å². The first kappa shape index (κ1) is 14.4. The van der Waals surface area contributed by atoms with Crippen LogP contribution in [0.4, 0.5) is 0 Å². The van der Waals surface area contributed by atoms with E-state index in [1.807, 2.05) is 6.07 Å². The van der Waals surface area contributed by atoms with Crippen LogP contribution in [0.5, 0.6) is 11.5 Å². The Morgan fingerprint density at radius 3 is 2.81 bits per heavy atom. The normalized spacial score (nSPS) is 28.3. The summed E-state index contributed by atoms with van der Waals surface area (Å²) in [7, 11) is 3.32. The molecular formula is C17H23NO3. The van der Waals surface area contributed by atoms with Crippen LogP contribution in [0.15, 0.2) is 18.2 Å². The molecule has 2 atom stereocenters. The molecule has 1 aromatic carbocycles. The zero-order chi connectivity index (χ0) is 14.9. The van der Waals surface area contributed by atoms with Crippen molar-refractivity contribution in [3.63, 3.8) is 0 Å². The predicted octanol–water partition coefficient (Wildman–Crippen LogP) is 2.35. The second-order valence-corrected chi connectivity index (χ2v) is 6.23. The number of rotatable bonds is 4. The van der Waals surface area contributed by atoms with Crippen molar-refractivity contribution < 1.29 is 14.3 Å². The summed E-state index contributed by atoms with van der Waals surface area (Å²) in [5, 5.41) is 3.52. The summed E-state index contributed by atoms with van der Waals surface area (Å²) in [6.07, 6.45) is 4.56. The average Bonchev–Trinajstić information content (AvgIpc) is 2.90. The number of nitrogens with one attached hydrogen (secondary N) is 1. The molecule has 1 saturated heterocycles. The van der Waals surface area contributed by atoms with Gasteiger partial charge >= 0.3 is 0 Å². The maximum Gasteiger partial charge on any atom is 0.160 e. The lowest BCUT2D eigenvalue weighted by atomic mass is 9.67. The van der Waals surface area contributed by atoms with Gasteiger partial charge in [0.15, 0.2) is 11.5 Å². The van der Waals surface area contributed by atoms with Gasteiger partial charge in [-0.2, -0.15) is 0 Å². The SMILES string of the molecule is COc1ccc(CC23CCNC2CC(=O)CC3)cc1OC. The van der Waals surface area contributed by atoms with E-state index < -0.39 is 0 Å². The Kier molecular flexibility index (Phi) is 3.89. The van der Waals surface area contributed by atoms with E-state index in [0.29, 0.717) is 18.2 Å². The van der Waals surface area contributed by atoms with Gasteiger partial charge in [0.2, 0.25) is 0 Å². The monoisotopic (exact) mass is 289 g/mol. The summed E-state index contributed by atoms with van der Waals surface area (Å²) in [6.45, 7) is 1.02. The van der Waals surface area contributed by atoms with Crippen molar-refractivity contribution in [3.05, 3.63) is 23.8 Å². The lowest BCUT2D eigenvalue weighted by Crippen LogP contribution is -2.43. The van der Waals surface area contributed by atoms with Gasteiger partial charge < -0.3 is 14.8 Å². The van der Waals surface area contributed by atoms with E-state index in [4.69, 9.17) is 9.47 Å². The molecule has 0 spiro atoms. The lowest BCUT2D eigenvalue weighted by molar-refractivity contribution is -0.122. The molecule has 4 heteroatoms. The maximum absolute atomic E-state index is 11.7. The average molecular weight is 289 g/mol. The second-order valence-electron chi connectivity index (χ2n) is 6.23. The number of Topliss-reactive ketones (excluding diaryl/α,β-unsaturated/α-hetero) is 1. The van der Waals surface area contributed by atoms with Crippen molar-refractivity contribution in [2.75, 3.05) is 20.8 Å². The molecule has 1 aliphatic heterocycles. The summed E-state index contributed by atoms with van der Waals surface area (Å²) in [5.41, 5.74) is 1.49. The van der Waals surface area contributed by atoms with Crippen LogP contribution < -0.4 is 14.8 Å². The first-order chi connectivity index (χ1) is 10.2. The number of methoxy groups -OCH3 is 2. The zero-order valence-electron chi connectivity index (χ0n) is 12.8. The molecule has 1 aliphatic carbocycles. The third-order valence-electron chi connectivity index (χ3n) is 5.09. The molecule has 1 N–H and O–H groups in total. The van der Waals surface area contributed by atoms with Crippen molar-refractivity contribution in [2.45, 2.75) is 38.1 Å². The molecule has 114 valence electrons. The van der Waals surface area contributed by atoms with E-state index in [2.05, 4.69) is 17.4 Å². The molecule has 1 heterocycles. The molecule has 2 fully saturated rings. The number of fused-ring (bicyclic) bond motifs is 1. The van der Waals surface area contributed by atoms with E-state index in [0.717, 1.165) is 43.7 Å². The van der Waals surface area contributed by atoms with Gasteiger partial charge in [-0.25, -0.2) is 0 Å². The van der Waals surface area contributed by atoms with Crippen molar-refractivity contribution in [2.24, 2.45) is 5.41 Å². The van der Waals surface area contributed by atoms with Gasteiger partial charge in [0.1, 0.15) is 5.78 Å². The fraction of sp³-hybridized carbons (Fsp3) is 0.588. The van der Waals surface area contributed by atoms with E-state index in [9.17, 15) is 4.79 Å². The summed E-state index contributed by atoms with van der Waals surface area (Å²) >= 11 is 0. The van der Waals surface area contributed by atoms with Crippen molar-refractivity contribution in [3.8, 4) is 11.5 Å². The van der Waals surface area contributed by atoms with Crippen molar-refractivity contribution in [1.29, 1.82) is 0 Å². The Hall–Kier alpha value is -1.55. The Balaban J connectivity index is 1.83.